The first-order chi connectivity index (χ1) is 14.5. The number of anilines is 1. The zero-order valence-corrected chi connectivity index (χ0v) is 16.8. The van der Waals surface area contributed by atoms with Crippen LogP contribution in [0, 0.1) is 0 Å². The summed E-state index contributed by atoms with van der Waals surface area (Å²) in [4.78, 5) is 12.7. The van der Waals surface area contributed by atoms with Crippen LogP contribution in [0.5, 0.6) is 0 Å². The molecule has 1 heterocycles. The third-order valence-corrected chi connectivity index (χ3v) is 6.10. The molecular weight excluding hydrogens is 398 g/mol. The molecule has 0 saturated carbocycles. The quantitative estimate of drug-likeness (QED) is 0.515. The Morgan fingerprint density at radius 2 is 1.40 bits per heavy atom. The van der Waals surface area contributed by atoms with E-state index in [1.54, 1.807) is 28.9 Å². The van der Waals surface area contributed by atoms with E-state index in [0.717, 1.165) is 11.3 Å². The number of carbonyl (C=O) groups is 1. The highest BCUT2D eigenvalue weighted by atomic mass is 32.2. The van der Waals surface area contributed by atoms with Gasteiger partial charge >= 0.3 is 0 Å². The molecule has 0 unspecified atom stereocenters. The molecule has 0 bridgehead atoms. The van der Waals surface area contributed by atoms with Gasteiger partial charge in [-0.3, -0.25) is 4.79 Å². The van der Waals surface area contributed by atoms with Gasteiger partial charge in [-0.05, 0) is 24.3 Å². The summed E-state index contributed by atoms with van der Waals surface area (Å²) in [5.41, 5.74) is 2.31. The lowest BCUT2D eigenvalue weighted by molar-refractivity contribution is -0.113. The second kappa shape index (κ2) is 8.34. The van der Waals surface area contributed by atoms with Crippen LogP contribution in [0.2, 0.25) is 0 Å². The lowest BCUT2D eigenvalue weighted by Gasteiger charge is -2.09. The van der Waals surface area contributed by atoms with Crippen LogP contribution in [0.15, 0.2) is 102 Å². The second-order valence-electron chi connectivity index (χ2n) is 6.65. The van der Waals surface area contributed by atoms with Gasteiger partial charge in [0.05, 0.1) is 16.3 Å². The van der Waals surface area contributed by atoms with Crippen molar-refractivity contribution in [1.82, 2.24) is 9.78 Å². The van der Waals surface area contributed by atoms with E-state index in [1.165, 1.54) is 12.1 Å². The fraction of sp³-hybridized carbons (Fsp3) is 0.0435. The molecule has 150 valence electrons. The predicted octanol–water partition coefficient (Wildman–Crippen LogP) is 3.95. The molecule has 0 fully saturated rings. The first kappa shape index (κ1) is 19.6. The summed E-state index contributed by atoms with van der Waals surface area (Å²) < 4.78 is 26.7. The predicted molar refractivity (Wildman–Crippen MR) is 116 cm³/mol. The molecule has 0 aliphatic carbocycles. The third-order valence-electron chi connectivity index (χ3n) is 4.47. The molecule has 0 atom stereocenters. The van der Waals surface area contributed by atoms with Gasteiger partial charge in [-0.1, -0.05) is 66.7 Å². The number of sulfone groups is 1. The van der Waals surface area contributed by atoms with Gasteiger partial charge in [-0.2, -0.15) is 5.10 Å². The Kier molecular flexibility index (Phi) is 5.45. The maximum Gasteiger partial charge on any atom is 0.241 e. The summed E-state index contributed by atoms with van der Waals surface area (Å²) in [6, 6.07) is 28.6. The number of rotatable bonds is 6. The Hall–Kier alpha value is -3.71. The number of hydrogen-bond acceptors (Lipinski definition) is 4. The minimum Gasteiger partial charge on any atom is -0.310 e. The van der Waals surface area contributed by atoms with Crippen LogP contribution >= 0.6 is 0 Å². The highest BCUT2D eigenvalue weighted by Gasteiger charge is 2.21. The first-order valence-corrected chi connectivity index (χ1v) is 11.0. The van der Waals surface area contributed by atoms with Crippen molar-refractivity contribution in [3.8, 4) is 16.9 Å². The van der Waals surface area contributed by atoms with Gasteiger partial charge in [-0.25, -0.2) is 13.1 Å². The van der Waals surface area contributed by atoms with Crippen LogP contribution in [0.4, 0.5) is 5.82 Å². The SMILES string of the molecule is O=C(CS(=O)(=O)c1ccccc1)Nc1cc(-c2ccccc2)nn1-c1ccccc1. The Labute approximate surface area is 174 Å². The van der Waals surface area contributed by atoms with E-state index in [2.05, 4.69) is 10.4 Å². The number of nitrogens with one attached hydrogen (secondary N) is 1. The monoisotopic (exact) mass is 417 g/mol. The summed E-state index contributed by atoms with van der Waals surface area (Å²) in [6.45, 7) is 0. The molecular formula is C23H19N3O3S. The van der Waals surface area contributed by atoms with Crippen molar-refractivity contribution < 1.29 is 13.2 Å². The van der Waals surface area contributed by atoms with Crippen molar-refractivity contribution >= 4 is 21.6 Å². The summed E-state index contributed by atoms with van der Waals surface area (Å²) in [5, 5.41) is 7.32. The topological polar surface area (TPSA) is 81.1 Å². The third kappa shape index (κ3) is 4.31. The Morgan fingerprint density at radius 1 is 0.833 bits per heavy atom. The summed E-state index contributed by atoms with van der Waals surface area (Å²) in [7, 11) is -3.74. The standard InChI is InChI=1S/C23H19N3O3S/c27-23(17-30(28,29)20-14-8-3-9-15-20)24-22-16-21(18-10-4-1-5-11-18)25-26(22)19-12-6-2-7-13-19/h1-16H,17H2,(H,24,27). The van der Waals surface area contributed by atoms with E-state index in [9.17, 15) is 13.2 Å². The van der Waals surface area contributed by atoms with Crippen LogP contribution in [0.25, 0.3) is 16.9 Å². The van der Waals surface area contributed by atoms with Crippen LogP contribution in [-0.2, 0) is 14.6 Å². The van der Waals surface area contributed by atoms with Crippen molar-refractivity contribution in [3.05, 3.63) is 97.1 Å². The minimum atomic E-state index is -3.74. The van der Waals surface area contributed by atoms with Gasteiger partial charge in [0.15, 0.2) is 9.84 Å². The summed E-state index contributed by atoms with van der Waals surface area (Å²) >= 11 is 0. The minimum absolute atomic E-state index is 0.113. The summed E-state index contributed by atoms with van der Waals surface area (Å²) in [5.74, 6) is -0.888. The van der Waals surface area contributed by atoms with E-state index in [1.807, 2.05) is 60.7 Å². The highest BCUT2D eigenvalue weighted by molar-refractivity contribution is 7.92. The van der Waals surface area contributed by atoms with E-state index < -0.39 is 21.5 Å². The molecule has 30 heavy (non-hydrogen) atoms. The number of para-hydroxylation sites is 1. The smallest absolute Gasteiger partial charge is 0.241 e. The molecule has 7 heteroatoms. The van der Waals surface area contributed by atoms with Gasteiger partial charge in [-0.15, -0.1) is 0 Å². The molecule has 3 aromatic carbocycles. The van der Waals surface area contributed by atoms with Gasteiger partial charge < -0.3 is 5.32 Å². The van der Waals surface area contributed by atoms with Crippen LogP contribution in [-0.4, -0.2) is 29.9 Å². The average molecular weight is 417 g/mol. The lowest BCUT2D eigenvalue weighted by Crippen LogP contribution is -2.24. The molecule has 4 aromatic rings. The van der Waals surface area contributed by atoms with E-state index in [0.29, 0.717) is 11.5 Å². The van der Waals surface area contributed by atoms with Crippen molar-refractivity contribution in [1.29, 1.82) is 0 Å². The molecule has 4 rings (SSSR count). The van der Waals surface area contributed by atoms with Crippen molar-refractivity contribution in [2.45, 2.75) is 4.90 Å². The van der Waals surface area contributed by atoms with Crippen LogP contribution < -0.4 is 5.32 Å². The number of nitrogens with zero attached hydrogens (tertiary/aromatic N) is 2. The number of aromatic nitrogens is 2. The molecule has 1 amide bonds. The van der Waals surface area contributed by atoms with E-state index in [4.69, 9.17) is 0 Å². The number of carbonyl (C=O) groups excluding carboxylic acids is 1. The van der Waals surface area contributed by atoms with Crippen molar-refractivity contribution in [2.24, 2.45) is 0 Å². The fourth-order valence-corrected chi connectivity index (χ4v) is 4.20. The van der Waals surface area contributed by atoms with Crippen molar-refractivity contribution in [3.63, 3.8) is 0 Å². The van der Waals surface area contributed by atoms with Gasteiger partial charge in [0, 0.05) is 11.6 Å². The molecule has 1 N–H and O–H groups in total. The molecule has 0 saturated heterocycles. The molecule has 1 aromatic heterocycles. The van der Waals surface area contributed by atoms with Gasteiger partial charge in [0.1, 0.15) is 11.6 Å². The molecule has 0 spiro atoms. The molecule has 0 aliphatic rings. The fourth-order valence-electron chi connectivity index (χ4n) is 3.05. The van der Waals surface area contributed by atoms with Crippen molar-refractivity contribution in [2.75, 3.05) is 11.1 Å². The number of benzene rings is 3. The molecule has 6 nitrogen and oxygen atoms in total. The molecule has 0 aliphatic heterocycles. The first-order valence-electron chi connectivity index (χ1n) is 9.31. The zero-order chi connectivity index (χ0) is 21.0. The Bertz CT molecular complexity index is 1250. The highest BCUT2D eigenvalue weighted by Crippen LogP contribution is 2.25. The Morgan fingerprint density at radius 3 is 2.03 bits per heavy atom. The summed E-state index contributed by atoms with van der Waals surface area (Å²) in [6.07, 6.45) is 0. The largest absolute Gasteiger partial charge is 0.310 e. The van der Waals surface area contributed by atoms with E-state index in [-0.39, 0.29) is 4.90 Å². The zero-order valence-electron chi connectivity index (χ0n) is 16.0. The normalized spacial score (nSPS) is 11.2. The van der Waals surface area contributed by atoms with Crippen LogP contribution in [0.3, 0.4) is 0 Å². The maximum absolute atomic E-state index is 12.6. The van der Waals surface area contributed by atoms with Crippen LogP contribution in [0.1, 0.15) is 0 Å². The Balaban J connectivity index is 1.64. The molecule has 0 radical (unpaired) electrons. The second-order valence-corrected chi connectivity index (χ2v) is 8.64. The van der Waals surface area contributed by atoms with Gasteiger partial charge in [0.25, 0.3) is 0 Å². The van der Waals surface area contributed by atoms with Gasteiger partial charge in [0.2, 0.25) is 5.91 Å². The lowest BCUT2D eigenvalue weighted by atomic mass is 10.2. The average Bonchev–Trinajstić information content (AvgIpc) is 3.19. The van der Waals surface area contributed by atoms with E-state index >= 15 is 0 Å². The maximum atomic E-state index is 12.6. The number of amides is 1. The number of hydrogen-bond donors (Lipinski definition) is 1.